The predicted molar refractivity (Wildman–Crippen MR) is 67.2 cm³/mol. The second-order valence-corrected chi connectivity index (χ2v) is 5.94. The molecule has 0 rings (SSSR count). The van der Waals surface area contributed by atoms with Gasteiger partial charge in [0.15, 0.2) is 0 Å². The summed E-state index contributed by atoms with van der Waals surface area (Å²) < 4.78 is 27.6. The van der Waals surface area contributed by atoms with E-state index in [1.54, 1.807) is 0 Å². The molecule has 0 aromatic heterocycles. The van der Waals surface area contributed by atoms with Gasteiger partial charge in [0.05, 0.1) is 13.2 Å². The van der Waals surface area contributed by atoms with Crippen molar-refractivity contribution in [1.82, 2.24) is 0 Å². The molecule has 0 saturated carbocycles. The topological polar surface area (TPSA) is 260 Å². The van der Waals surface area contributed by atoms with Gasteiger partial charge in [0.1, 0.15) is 12.1 Å². The molecule has 0 aliphatic rings. The van der Waals surface area contributed by atoms with Crippen LogP contribution in [0.1, 0.15) is 0 Å². The Balaban J connectivity index is 0. The second kappa shape index (κ2) is 9.97. The Hall–Kier alpha value is -0.920. The van der Waals surface area contributed by atoms with Crippen molar-refractivity contribution in [2.24, 2.45) is 11.5 Å². The van der Waals surface area contributed by atoms with Crippen molar-refractivity contribution >= 4 is 27.6 Å². The van der Waals surface area contributed by atoms with E-state index in [2.05, 4.69) is 9.05 Å². The van der Waals surface area contributed by atoms with Crippen molar-refractivity contribution in [3.63, 3.8) is 0 Å². The molecule has 132 valence electrons. The lowest BCUT2D eigenvalue weighted by atomic mass is 10.3. The number of carboxylic acid groups (broad SMARTS) is 2. The molecule has 0 bridgehead atoms. The summed E-state index contributed by atoms with van der Waals surface area (Å²) in [5.74, 6) is -2.75. The molecule has 0 amide bonds. The maximum absolute atomic E-state index is 9.98. The predicted octanol–water partition coefficient (Wildman–Crippen LogP) is -2.98. The molecule has 0 aromatic carbocycles. The summed E-state index contributed by atoms with van der Waals surface area (Å²) in [5, 5.41) is 16.2. The molecule has 0 spiro atoms. The molecule has 16 heteroatoms. The number of hydrogen-bond acceptors (Lipinski definition) is 8. The van der Waals surface area contributed by atoms with E-state index in [0.29, 0.717) is 0 Å². The monoisotopic (exact) mass is 370 g/mol. The Morgan fingerprint density at radius 1 is 0.818 bits per heavy atom. The Bertz CT molecular complexity index is 415. The molecule has 14 nitrogen and oxygen atoms in total. The highest BCUT2D eigenvalue weighted by Crippen LogP contribution is 2.35. The number of hydrogen-bond donors (Lipinski definition) is 8. The lowest BCUT2D eigenvalue weighted by molar-refractivity contribution is -0.140. The van der Waals surface area contributed by atoms with E-state index < -0.39 is 52.9 Å². The van der Waals surface area contributed by atoms with Crippen molar-refractivity contribution in [2.75, 3.05) is 13.2 Å². The van der Waals surface area contributed by atoms with Crippen LogP contribution < -0.4 is 11.5 Å². The normalized spacial score (nSPS) is 14.5. The molecule has 0 aliphatic carbocycles. The number of rotatable bonds is 8. The minimum atomic E-state index is -4.60. The number of phosphoric acid groups is 2. The average Bonchev–Trinajstić information content (AvgIpc) is 2.31. The molecule has 0 saturated heterocycles. The van der Waals surface area contributed by atoms with E-state index in [1.807, 2.05) is 0 Å². The summed E-state index contributed by atoms with van der Waals surface area (Å²) in [4.78, 5) is 52.3. The van der Waals surface area contributed by atoms with Gasteiger partial charge in [-0.15, -0.1) is 0 Å². The van der Waals surface area contributed by atoms with E-state index in [1.165, 1.54) is 0 Å². The van der Waals surface area contributed by atoms with Gasteiger partial charge in [0.2, 0.25) is 0 Å². The minimum Gasteiger partial charge on any atom is -0.480 e. The first-order chi connectivity index (χ1) is 9.65. The van der Waals surface area contributed by atoms with Crippen LogP contribution in [0.2, 0.25) is 0 Å². The van der Waals surface area contributed by atoms with Gasteiger partial charge in [-0.1, -0.05) is 0 Å². The number of carboxylic acids is 2. The highest BCUT2D eigenvalue weighted by Gasteiger charge is 2.20. The molecule has 10 N–H and O–H groups in total. The van der Waals surface area contributed by atoms with Crippen molar-refractivity contribution in [2.45, 2.75) is 12.1 Å². The zero-order chi connectivity index (χ0) is 18.1. The highest BCUT2D eigenvalue weighted by atomic mass is 31.2. The third-order valence-electron chi connectivity index (χ3n) is 1.48. The molecule has 0 aliphatic heterocycles. The lowest BCUT2D eigenvalue weighted by Crippen LogP contribution is -2.34. The SMILES string of the molecule is N[C@@H](COP(=O)(O)O)C(=O)O.N[C@@H](COP(=O)(O)O)C(=O)O. The van der Waals surface area contributed by atoms with Crippen molar-refractivity contribution < 1.29 is 57.6 Å². The zero-order valence-corrected chi connectivity index (χ0v) is 12.5. The molecular weight excluding hydrogens is 354 g/mol. The Morgan fingerprint density at radius 3 is 1.18 bits per heavy atom. The van der Waals surface area contributed by atoms with E-state index >= 15 is 0 Å². The highest BCUT2D eigenvalue weighted by molar-refractivity contribution is 7.46. The molecule has 0 unspecified atom stereocenters. The molecular formula is C6H16N2O12P2. The molecule has 22 heavy (non-hydrogen) atoms. The van der Waals surface area contributed by atoms with Crippen LogP contribution in [0.4, 0.5) is 0 Å². The van der Waals surface area contributed by atoms with Gasteiger partial charge in [0, 0.05) is 0 Å². The number of nitrogens with two attached hydrogens (primary N) is 2. The summed E-state index contributed by atoms with van der Waals surface area (Å²) >= 11 is 0. The van der Waals surface area contributed by atoms with E-state index in [9.17, 15) is 18.7 Å². The Labute approximate surface area is 123 Å². The summed E-state index contributed by atoms with van der Waals surface area (Å²) in [6, 6.07) is -2.83. The molecule has 2 atom stereocenters. The minimum absolute atomic E-state index is 0.709. The van der Waals surface area contributed by atoms with E-state index in [0.717, 1.165) is 0 Å². The maximum atomic E-state index is 9.98. The van der Waals surface area contributed by atoms with Crippen LogP contribution in [0.5, 0.6) is 0 Å². The third-order valence-corrected chi connectivity index (χ3v) is 2.45. The largest absolute Gasteiger partial charge is 0.480 e. The van der Waals surface area contributed by atoms with E-state index in [-0.39, 0.29) is 0 Å². The van der Waals surface area contributed by atoms with E-state index in [4.69, 9.17) is 41.3 Å². The van der Waals surface area contributed by atoms with Gasteiger partial charge >= 0.3 is 27.6 Å². The number of aliphatic carboxylic acids is 2. The first-order valence-electron chi connectivity index (χ1n) is 5.02. The van der Waals surface area contributed by atoms with Crippen molar-refractivity contribution in [1.29, 1.82) is 0 Å². The van der Waals surface area contributed by atoms with Crippen LogP contribution in [0.25, 0.3) is 0 Å². The Kier molecular flexibility index (Phi) is 10.6. The van der Waals surface area contributed by atoms with Crippen molar-refractivity contribution in [3.05, 3.63) is 0 Å². The van der Waals surface area contributed by atoms with Crippen LogP contribution >= 0.6 is 15.6 Å². The molecule has 0 fully saturated rings. The standard InChI is InChI=1S/2C3H8NO6P/c2*4-2(3(5)6)1-10-11(7,8)9/h2*2H,1,4H2,(H,5,6)(H2,7,8,9)/t2*2-/m00/s1. The van der Waals surface area contributed by atoms with Gasteiger partial charge < -0.3 is 41.3 Å². The molecule has 0 radical (unpaired) electrons. The fraction of sp³-hybridized carbons (Fsp3) is 0.667. The summed E-state index contributed by atoms with van der Waals surface area (Å²) in [6.07, 6.45) is 0. The van der Waals surface area contributed by atoms with Crippen molar-refractivity contribution in [3.8, 4) is 0 Å². The average molecular weight is 370 g/mol. The zero-order valence-electron chi connectivity index (χ0n) is 10.8. The van der Waals surface area contributed by atoms with Crippen LogP contribution in [0.15, 0.2) is 0 Å². The van der Waals surface area contributed by atoms with Crippen LogP contribution in [-0.4, -0.2) is 67.0 Å². The van der Waals surface area contributed by atoms with Gasteiger partial charge in [-0.05, 0) is 0 Å². The number of carbonyl (C=O) groups is 2. The summed E-state index contributed by atoms with van der Waals surface area (Å²) in [7, 11) is -9.21. The third kappa shape index (κ3) is 17.1. The fourth-order valence-electron chi connectivity index (χ4n) is 0.497. The first-order valence-corrected chi connectivity index (χ1v) is 8.08. The van der Waals surface area contributed by atoms with Gasteiger partial charge in [-0.25, -0.2) is 9.13 Å². The first kappa shape index (κ1) is 23.3. The summed E-state index contributed by atoms with van der Waals surface area (Å²) in [5.41, 5.74) is 9.71. The van der Waals surface area contributed by atoms with Gasteiger partial charge in [-0.3, -0.25) is 18.6 Å². The maximum Gasteiger partial charge on any atom is 0.469 e. The van der Waals surface area contributed by atoms with Gasteiger partial charge in [-0.2, -0.15) is 0 Å². The number of phosphoric ester groups is 2. The van der Waals surface area contributed by atoms with Crippen LogP contribution in [0.3, 0.4) is 0 Å². The smallest absolute Gasteiger partial charge is 0.469 e. The summed E-state index contributed by atoms with van der Waals surface area (Å²) in [6.45, 7) is -1.42. The lowest BCUT2D eigenvalue weighted by Gasteiger charge is -2.07. The molecule has 0 heterocycles. The van der Waals surface area contributed by atoms with Crippen LogP contribution in [0, 0.1) is 0 Å². The Morgan fingerprint density at radius 2 is 1.05 bits per heavy atom. The van der Waals surface area contributed by atoms with Gasteiger partial charge in [0.25, 0.3) is 0 Å². The van der Waals surface area contributed by atoms with Crippen LogP contribution in [-0.2, 0) is 27.8 Å². The quantitative estimate of drug-likeness (QED) is 0.198. The fourth-order valence-corrected chi connectivity index (χ4v) is 1.21. The second-order valence-electron chi connectivity index (χ2n) is 3.46. The molecule has 0 aromatic rings.